The molecule has 5 nitrogen and oxygen atoms in total. The molecule has 0 atom stereocenters. The molecular formula is C19H18N2O3. The summed E-state index contributed by atoms with van der Waals surface area (Å²) in [6, 6.07) is 15.4. The summed E-state index contributed by atoms with van der Waals surface area (Å²) < 4.78 is 0. The molecule has 2 N–H and O–H groups in total. The Balaban J connectivity index is 1.74. The standard InChI is InChI=1S/C19H18N2O3/c22-17(7-4-8-19(23)24)14-9-10-15-16(12-14)21-18(20-15)11-13-5-2-1-3-6-13/h1-3,5-6,9-10,12H,4,7-8,11H2,(H,20,21)(H,23,24). The summed E-state index contributed by atoms with van der Waals surface area (Å²) in [5.74, 6) is -0.0681. The molecule has 0 aliphatic heterocycles. The zero-order valence-corrected chi connectivity index (χ0v) is 13.2. The number of fused-ring (bicyclic) bond motifs is 1. The number of Topliss-reactive ketones (excluding diaryl/α,β-unsaturated/α-hetero) is 1. The van der Waals surface area contributed by atoms with Crippen molar-refractivity contribution in [1.29, 1.82) is 0 Å². The van der Waals surface area contributed by atoms with Gasteiger partial charge in [0, 0.05) is 24.8 Å². The number of aromatic amines is 1. The van der Waals surface area contributed by atoms with Gasteiger partial charge in [-0.1, -0.05) is 30.3 Å². The Morgan fingerprint density at radius 1 is 1.04 bits per heavy atom. The molecule has 0 saturated heterocycles. The van der Waals surface area contributed by atoms with Crippen molar-refractivity contribution in [3.8, 4) is 0 Å². The van der Waals surface area contributed by atoms with Gasteiger partial charge in [-0.05, 0) is 30.2 Å². The van der Waals surface area contributed by atoms with E-state index in [0.29, 0.717) is 18.4 Å². The van der Waals surface area contributed by atoms with Gasteiger partial charge in [0.05, 0.1) is 11.0 Å². The number of carboxylic acids is 1. The molecule has 122 valence electrons. The van der Waals surface area contributed by atoms with Crippen LogP contribution in [0.15, 0.2) is 48.5 Å². The number of aliphatic carboxylic acids is 1. The summed E-state index contributed by atoms with van der Waals surface area (Å²) in [7, 11) is 0. The molecule has 1 heterocycles. The lowest BCUT2D eigenvalue weighted by Crippen LogP contribution is -2.01. The van der Waals surface area contributed by atoms with Crippen molar-refractivity contribution in [1.82, 2.24) is 9.97 Å². The van der Waals surface area contributed by atoms with Crippen molar-refractivity contribution in [3.63, 3.8) is 0 Å². The van der Waals surface area contributed by atoms with Gasteiger partial charge in [-0.25, -0.2) is 4.98 Å². The van der Waals surface area contributed by atoms with Crippen LogP contribution in [-0.4, -0.2) is 26.8 Å². The zero-order valence-electron chi connectivity index (χ0n) is 13.2. The second kappa shape index (κ2) is 7.08. The second-order valence-corrected chi connectivity index (χ2v) is 5.75. The van der Waals surface area contributed by atoms with Gasteiger partial charge in [0.1, 0.15) is 5.82 Å². The van der Waals surface area contributed by atoms with Gasteiger partial charge in [-0.3, -0.25) is 9.59 Å². The Labute approximate surface area is 139 Å². The zero-order chi connectivity index (χ0) is 16.9. The lowest BCUT2D eigenvalue weighted by molar-refractivity contribution is -0.137. The summed E-state index contributed by atoms with van der Waals surface area (Å²) in [5.41, 5.74) is 3.40. The molecule has 2 aromatic carbocycles. The maximum absolute atomic E-state index is 12.1. The van der Waals surface area contributed by atoms with Crippen molar-refractivity contribution < 1.29 is 14.7 Å². The van der Waals surface area contributed by atoms with E-state index in [9.17, 15) is 9.59 Å². The van der Waals surface area contributed by atoms with Crippen molar-refractivity contribution in [2.24, 2.45) is 0 Å². The molecular weight excluding hydrogens is 304 g/mol. The van der Waals surface area contributed by atoms with Crippen LogP contribution < -0.4 is 0 Å². The first kappa shape index (κ1) is 15.9. The van der Waals surface area contributed by atoms with E-state index in [-0.39, 0.29) is 18.6 Å². The van der Waals surface area contributed by atoms with Gasteiger partial charge in [0.25, 0.3) is 0 Å². The topological polar surface area (TPSA) is 83.0 Å². The van der Waals surface area contributed by atoms with Crippen molar-refractivity contribution in [3.05, 3.63) is 65.5 Å². The fraction of sp³-hybridized carbons (Fsp3) is 0.211. The van der Waals surface area contributed by atoms with E-state index in [0.717, 1.165) is 16.9 Å². The highest BCUT2D eigenvalue weighted by molar-refractivity contribution is 5.99. The average Bonchev–Trinajstić information content (AvgIpc) is 2.96. The molecule has 0 spiro atoms. The van der Waals surface area contributed by atoms with Crippen LogP contribution in [-0.2, 0) is 11.2 Å². The summed E-state index contributed by atoms with van der Waals surface area (Å²) in [4.78, 5) is 30.5. The van der Waals surface area contributed by atoms with Crippen molar-refractivity contribution in [2.75, 3.05) is 0 Å². The minimum Gasteiger partial charge on any atom is -0.481 e. The highest BCUT2D eigenvalue weighted by Crippen LogP contribution is 2.17. The molecule has 0 unspecified atom stereocenters. The Bertz CT molecular complexity index is 869. The smallest absolute Gasteiger partial charge is 0.303 e. The average molecular weight is 322 g/mol. The highest BCUT2D eigenvalue weighted by Gasteiger charge is 2.10. The monoisotopic (exact) mass is 322 g/mol. The van der Waals surface area contributed by atoms with E-state index >= 15 is 0 Å². The Kier molecular flexibility index (Phi) is 4.70. The molecule has 24 heavy (non-hydrogen) atoms. The van der Waals surface area contributed by atoms with Crippen molar-refractivity contribution >= 4 is 22.8 Å². The maximum atomic E-state index is 12.1. The number of hydrogen-bond acceptors (Lipinski definition) is 3. The number of H-pyrrole nitrogens is 1. The SMILES string of the molecule is O=C(O)CCCC(=O)c1ccc2nc(Cc3ccccc3)[nH]c2c1. The number of rotatable bonds is 7. The number of ketones is 1. The van der Waals surface area contributed by atoms with E-state index in [2.05, 4.69) is 9.97 Å². The number of hydrogen-bond donors (Lipinski definition) is 2. The quantitative estimate of drug-likeness (QED) is 0.651. The first-order valence-corrected chi connectivity index (χ1v) is 7.89. The van der Waals surface area contributed by atoms with E-state index in [1.54, 1.807) is 12.1 Å². The minimum atomic E-state index is -0.877. The summed E-state index contributed by atoms with van der Waals surface area (Å²) in [6.45, 7) is 0. The number of nitrogens with one attached hydrogen (secondary N) is 1. The molecule has 0 saturated carbocycles. The molecule has 5 heteroatoms. The Morgan fingerprint density at radius 3 is 2.58 bits per heavy atom. The molecule has 0 fully saturated rings. The number of carbonyl (C=O) groups excluding carboxylic acids is 1. The predicted molar refractivity (Wildman–Crippen MR) is 91.2 cm³/mol. The number of imidazole rings is 1. The van der Waals surface area contributed by atoms with Crippen LogP contribution in [0.1, 0.15) is 41.0 Å². The van der Waals surface area contributed by atoms with Crippen molar-refractivity contribution in [2.45, 2.75) is 25.7 Å². The molecule has 3 aromatic rings. The number of nitrogens with zero attached hydrogens (tertiary/aromatic N) is 1. The van der Waals surface area contributed by atoms with E-state index in [1.165, 1.54) is 5.56 Å². The van der Waals surface area contributed by atoms with E-state index < -0.39 is 5.97 Å². The van der Waals surface area contributed by atoms with Gasteiger partial charge >= 0.3 is 5.97 Å². The highest BCUT2D eigenvalue weighted by atomic mass is 16.4. The number of aromatic nitrogens is 2. The number of carbonyl (C=O) groups is 2. The number of carboxylic acid groups (broad SMARTS) is 1. The fourth-order valence-electron chi connectivity index (χ4n) is 2.65. The molecule has 0 bridgehead atoms. The lowest BCUT2D eigenvalue weighted by Gasteiger charge is -2.00. The second-order valence-electron chi connectivity index (χ2n) is 5.75. The fourth-order valence-corrected chi connectivity index (χ4v) is 2.65. The molecule has 0 aliphatic carbocycles. The Morgan fingerprint density at radius 2 is 1.83 bits per heavy atom. The van der Waals surface area contributed by atoms with E-state index in [1.807, 2.05) is 36.4 Å². The predicted octanol–water partition coefficient (Wildman–Crippen LogP) is 3.59. The van der Waals surface area contributed by atoms with Crippen LogP contribution in [0.4, 0.5) is 0 Å². The first-order chi connectivity index (χ1) is 11.6. The third-order valence-corrected chi connectivity index (χ3v) is 3.86. The van der Waals surface area contributed by atoms with Crippen LogP contribution in [0.5, 0.6) is 0 Å². The van der Waals surface area contributed by atoms with Crippen LogP contribution >= 0.6 is 0 Å². The molecule has 0 radical (unpaired) electrons. The van der Waals surface area contributed by atoms with Crippen LogP contribution in [0.2, 0.25) is 0 Å². The van der Waals surface area contributed by atoms with Gasteiger partial charge in [-0.2, -0.15) is 0 Å². The van der Waals surface area contributed by atoms with Gasteiger partial charge in [-0.15, -0.1) is 0 Å². The maximum Gasteiger partial charge on any atom is 0.303 e. The Hall–Kier alpha value is -2.95. The van der Waals surface area contributed by atoms with Crippen LogP contribution in [0, 0.1) is 0 Å². The largest absolute Gasteiger partial charge is 0.481 e. The van der Waals surface area contributed by atoms with Gasteiger partial charge < -0.3 is 10.1 Å². The molecule has 3 rings (SSSR count). The molecule has 1 aromatic heterocycles. The molecule has 0 aliphatic rings. The first-order valence-electron chi connectivity index (χ1n) is 7.89. The lowest BCUT2D eigenvalue weighted by atomic mass is 10.1. The molecule has 0 amide bonds. The number of benzene rings is 2. The van der Waals surface area contributed by atoms with Gasteiger partial charge in [0.2, 0.25) is 0 Å². The summed E-state index contributed by atoms with van der Waals surface area (Å²) in [5, 5.41) is 8.64. The van der Waals surface area contributed by atoms with Gasteiger partial charge in [0.15, 0.2) is 5.78 Å². The summed E-state index contributed by atoms with van der Waals surface area (Å²) >= 11 is 0. The third kappa shape index (κ3) is 3.87. The minimum absolute atomic E-state index is 0.0132. The van der Waals surface area contributed by atoms with Crippen LogP contribution in [0.25, 0.3) is 11.0 Å². The van der Waals surface area contributed by atoms with E-state index in [4.69, 9.17) is 5.11 Å². The third-order valence-electron chi connectivity index (χ3n) is 3.86. The normalized spacial score (nSPS) is 10.8. The van der Waals surface area contributed by atoms with Crippen LogP contribution in [0.3, 0.4) is 0 Å². The summed E-state index contributed by atoms with van der Waals surface area (Å²) in [6.07, 6.45) is 1.31.